The standard InChI is InChI=1S/C34H46ClN5O4/c1-7-9-10-11-12-30(44-28-15-13-22(3)19-23(28)4)34(41)36-27-14-16-29(43-18-17-42-8-2)26(21-27)20-24(5)32-37-33-31(35)25(6)38-40(33)39-32/h13-16,19,21,24,30,38H,7-12,17-18,20H2,1-6H3,(H,36,41). The van der Waals surface area contributed by atoms with Gasteiger partial charge in [-0.15, -0.1) is 5.10 Å². The first-order valence-electron chi connectivity index (χ1n) is 15.7. The summed E-state index contributed by atoms with van der Waals surface area (Å²) in [6.45, 7) is 13.7. The molecule has 4 rings (SSSR count). The molecule has 0 saturated heterocycles. The highest BCUT2D eigenvalue weighted by molar-refractivity contribution is 6.34. The van der Waals surface area contributed by atoms with Crippen molar-refractivity contribution in [3.63, 3.8) is 0 Å². The maximum Gasteiger partial charge on any atom is 0.265 e. The number of halogens is 1. The number of ether oxygens (including phenoxy) is 3. The normalized spacial score (nSPS) is 12.8. The molecule has 238 valence electrons. The summed E-state index contributed by atoms with van der Waals surface area (Å²) in [5.74, 6) is 1.93. The van der Waals surface area contributed by atoms with Gasteiger partial charge in [0.25, 0.3) is 5.91 Å². The van der Waals surface area contributed by atoms with Crippen LogP contribution in [-0.2, 0) is 16.0 Å². The van der Waals surface area contributed by atoms with Gasteiger partial charge in [0.1, 0.15) is 23.1 Å². The molecule has 0 aliphatic heterocycles. The number of hydrogen-bond acceptors (Lipinski definition) is 6. The number of aryl methyl sites for hydroxylation is 3. The van der Waals surface area contributed by atoms with E-state index < -0.39 is 6.10 Å². The molecule has 2 atom stereocenters. The zero-order valence-corrected chi connectivity index (χ0v) is 27.6. The van der Waals surface area contributed by atoms with E-state index in [4.69, 9.17) is 25.8 Å². The van der Waals surface area contributed by atoms with Gasteiger partial charge in [-0.1, -0.05) is 62.4 Å². The molecule has 9 nitrogen and oxygen atoms in total. The van der Waals surface area contributed by atoms with Crippen molar-refractivity contribution in [2.45, 2.75) is 92.1 Å². The van der Waals surface area contributed by atoms with E-state index in [1.165, 1.54) is 0 Å². The van der Waals surface area contributed by atoms with Gasteiger partial charge in [0, 0.05) is 18.2 Å². The van der Waals surface area contributed by atoms with Crippen LogP contribution in [0.3, 0.4) is 0 Å². The van der Waals surface area contributed by atoms with Crippen molar-refractivity contribution in [2.24, 2.45) is 0 Å². The fourth-order valence-electron chi connectivity index (χ4n) is 5.17. The molecule has 0 bridgehead atoms. The number of nitrogens with zero attached hydrogens (tertiary/aromatic N) is 3. The predicted octanol–water partition coefficient (Wildman–Crippen LogP) is 7.75. The summed E-state index contributed by atoms with van der Waals surface area (Å²) in [4.78, 5) is 18.3. The second-order valence-corrected chi connectivity index (χ2v) is 11.8. The first kappa shape index (κ1) is 33.3. The third kappa shape index (κ3) is 8.76. The van der Waals surface area contributed by atoms with Crippen LogP contribution in [0, 0.1) is 20.8 Å². The minimum Gasteiger partial charge on any atom is -0.491 e. The molecule has 0 spiro atoms. The van der Waals surface area contributed by atoms with Crippen molar-refractivity contribution in [3.8, 4) is 11.5 Å². The Morgan fingerprint density at radius 3 is 2.57 bits per heavy atom. The number of carbonyl (C=O) groups excluding carboxylic acids is 1. The van der Waals surface area contributed by atoms with E-state index in [-0.39, 0.29) is 11.8 Å². The Morgan fingerprint density at radius 1 is 1.05 bits per heavy atom. The van der Waals surface area contributed by atoms with E-state index in [9.17, 15) is 4.79 Å². The number of rotatable bonds is 17. The first-order valence-corrected chi connectivity index (χ1v) is 16.1. The van der Waals surface area contributed by atoms with Crippen LogP contribution in [0.1, 0.15) is 87.0 Å². The number of hydrogen-bond donors (Lipinski definition) is 2. The van der Waals surface area contributed by atoms with Crippen molar-refractivity contribution in [2.75, 3.05) is 25.1 Å². The molecule has 2 unspecified atom stereocenters. The number of unbranched alkanes of at least 4 members (excludes halogenated alkanes) is 3. The number of anilines is 1. The Hall–Kier alpha value is -3.56. The van der Waals surface area contributed by atoms with Gasteiger partial charge in [-0.2, -0.15) is 4.63 Å². The van der Waals surface area contributed by atoms with Gasteiger partial charge in [0.05, 0.1) is 12.3 Å². The van der Waals surface area contributed by atoms with Crippen LogP contribution in [0.4, 0.5) is 5.69 Å². The molecule has 0 radical (unpaired) electrons. The van der Waals surface area contributed by atoms with E-state index >= 15 is 0 Å². The highest BCUT2D eigenvalue weighted by atomic mass is 35.5. The van der Waals surface area contributed by atoms with Gasteiger partial charge < -0.3 is 19.5 Å². The molecule has 1 amide bonds. The van der Waals surface area contributed by atoms with E-state index in [1.807, 2.05) is 58.0 Å². The number of benzene rings is 2. The lowest BCUT2D eigenvalue weighted by molar-refractivity contribution is -0.123. The summed E-state index contributed by atoms with van der Waals surface area (Å²) in [5, 5.41) is 11.4. The fraction of sp³-hybridized carbons (Fsp3) is 0.500. The number of aromatic nitrogens is 4. The summed E-state index contributed by atoms with van der Waals surface area (Å²) in [5.41, 5.74) is 5.21. The van der Waals surface area contributed by atoms with Gasteiger partial charge in [0.15, 0.2) is 17.6 Å². The average Bonchev–Trinajstić information content (AvgIpc) is 3.53. The van der Waals surface area contributed by atoms with Crippen molar-refractivity contribution in [1.82, 2.24) is 19.8 Å². The Kier molecular flexibility index (Phi) is 12.1. The van der Waals surface area contributed by atoms with E-state index in [0.29, 0.717) is 54.8 Å². The molecular weight excluding hydrogens is 578 g/mol. The summed E-state index contributed by atoms with van der Waals surface area (Å²) >= 11 is 6.40. The molecule has 10 heteroatoms. The summed E-state index contributed by atoms with van der Waals surface area (Å²) < 4.78 is 19.5. The molecule has 2 aromatic heterocycles. The first-order chi connectivity index (χ1) is 21.2. The van der Waals surface area contributed by atoms with Crippen molar-refractivity contribution in [1.29, 1.82) is 0 Å². The molecule has 2 heterocycles. The van der Waals surface area contributed by atoms with Gasteiger partial charge in [0.2, 0.25) is 0 Å². The Morgan fingerprint density at radius 2 is 1.84 bits per heavy atom. The number of carbonyl (C=O) groups is 1. The molecule has 44 heavy (non-hydrogen) atoms. The average molecular weight is 624 g/mol. The van der Waals surface area contributed by atoms with Crippen LogP contribution >= 0.6 is 11.6 Å². The monoisotopic (exact) mass is 623 g/mol. The second kappa shape index (κ2) is 16.0. The van der Waals surface area contributed by atoms with Crippen LogP contribution in [-0.4, -0.2) is 51.6 Å². The smallest absolute Gasteiger partial charge is 0.265 e. The zero-order valence-electron chi connectivity index (χ0n) is 26.8. The Bertz CT molecular complexity index is 1530. The summed E-state index contributed by atoms with van der Waals surface area (Å²) in [7, 11) is 0. The van der Waals surface area contributed by atoms with Crippen molar-refractivity contribution in [3.05, 3.63) is 69.6 Å². The minimum absolute atomic E-state index is 0.0426. The minimum atomic E-state index is -0.608. The molecule has 0 saturated carbocycles. The van der Waals surface area contributed by atoms with Gasteiger partial charge in [-0.05, 0) is 82.3 Å². The van der Waals surface area contributed by atoms with Crippen LogP contribution in [0.5, 0.6) is 11.5 Å². The molecule has 2 N–H and O–H groups in total. The van der Waals surface area contributed by atoms with Crippen LogP contribution in [0.25, 0.3) is 5.65 Å². The summed E-state index contributed by atoms with van der Waals surface area (Å²) in [6, 6.07) is 11.8. The van der Waals surface area contributed by atoms with Crippen LogP contribution < -0.4 is 14.8 Å². The van der Waals surface area contributed by atoms with Gasteiger partial charge >= 0.3 is 0 Å². The number of nitrogens with one attached hydrogen (secondary N) is 2. The Labute approximate surface area is 265 Å². The van der Waals surface area contributed by atoms with E-state index in [2.05, 4.69) is 40.4 Å². The molecule has 0 aliphatic carbocycles. The molecule has 2 aromatic carbocycles. The maximum absolute atomic E-state index is 13.6. The lowest BCUT2D eigenvalue weighted by Gasteiger charge is -2.21. The van der Waals surface area contributed by atoms with Gasteiger partial charge in [-0.3, -0.25) is 9.89 Å². The molecular formula is C34H46ClN5O4. The predicted molar refractivity (Wildman–Crippen MR) is 175 cm³/mol. The Balaban J connectivity index is 1.54. The number of fused-ring (bicyclic) bond motifs is 1. The fourth-order valence-corrected chi connectivity index (χ4v) is 5.34. The number of H-pyrrole nitrogens is 1. The third-order valence-corrected chi connectivity index (χ3v) is 8.07. The molecule has 0 aliphatic rings. The highest BCUT2D eigenvalue weighted by Crippen LogP contribution is 2.30. The molecule has 0 fully saturated rings. The topological polar surface area (TPSA) is 103 Å². The molecule has 4 aromatic rings. The van der Waals surface area contributed by atoms with Crippen LogP contribution in [0.15, 0.2) is 36.4 Å². The maximum atomic E-state index is 13.6. The van der Waals surface area contributed by atoms with Gasteiger partial charge in [-0.25, -0.2) is 4.98 Å². The number of aromatic amines is 1. The highest BCUT2D eigenvalue weighted by Gasteiger charge is 2.23. The quantitative estimate of drug-likeness (QED) is 0.117. The van der Waals surface area contributed by atoms with E-state index in [0.717, 1.165) is 59.6 Å². The second-order valence-electron chi connectivity index (χ2n) is 11.4. The third-order valence-electron chi connectivity index (χ3n) is 7.62. The SMILES string of the molecule is CCCCCCC(Oc1ccc(C)cc1C)C(=O)Nc1ccc(OCCOCC)c(CC(C)c2nc3c(Cl)c(C)[nH]n3n2)c1. The van der Waals surface area contributed by atoms with Crippen molar-refractivity contribution >= 4 is 28.8 Å². The largest absolute Gasteiger partial charge is 0.491 e. The summed E-state index contributed by atoms with van der Waals surface area (Å²) in [6.07, 6.45) is 4.88. The zero-order chi connectivity index (χ0) is 31.6. The van der Waals surface area contributed by atoms with E-state index in [1.54, 1.807) is 4.63 Å². The van der Waals surface area contributed by atoms with Crippen LogP contribution in [0.2, 0.25) is 5.02 Å². The lowest BCUT2D eigenvalue weighted by atomic mass is 9.99. The lowest BCUT2D eigenvalue weighted by Crippen LogP contribution is -2.33. The number of amides is 1. The van der Waals surface area contributed by atoms with Crippen molar-refractivity contribution < 1.29 is 19.0 Å².